The molecule has 2 N–H and O–H groups in total. The fourth-order valence-corrected chi connectivity index (χ4v) is 6.26. The van der Waals surface area contributed by atoms with E-state index in [-0.39, 0.29) is 23.6 Å². The van der Waals surface area contributed by atoms with Crippen molar-refractivity contribution >= 4 is 17.5 Å². The van der Waals surface area contributed by atoms with Crippen LogP contribution in [0.3, 0.4) is 0 Å². The molecule has 0 radical (unpaired) electrons. The molecule has 9 nitrogen and oxygen atoms in total. The van der Waals surface area contributed by atoms with E-state index in [2.05, 4.69) is 25.5 Å². The van der Waals surface area contributed by atoms with Gasteiger partial charge in [-0.1, -0.05) is 19.3 Å². The maximum Gasteiger partial charge on any atom is 0.266 e. The van der Waals surface area contributed by atoms with Crippen LogP contribution >= 0.6 is 0 Å². The van der Waals surface area contributed by atoms with E-state index in [1.165, 1.54) is 44.3 Å². The van der Waals surface area contributed by atoms with E-state index in [0.717, 1.165) is 58.3 Å². The molecule has 1 aromatic carbocycles. The Kier molecular flexibility index (Phi) is 10.6. The number of carbonyl (C=O) groups excluding carboxylic acids is 2. The molecule has 4 aliphatic rings. The Morgan fingerprint density at radius 2 is 1.38 bits per heavy atom. The molecule has 0 unspecified atom stereocenters. The summed E-state index contributed by atoms with van der Waals surface area (Å²) in [6.07, 6.45) is 9.26. The van der Waals surface area contributed by atoms with Crippen molar-refractivity contribution in [3.63, 3.8) is 0 Å². The van der Waals surface area contributed by atoms with Crippen LogP contribution in [0.4, 0.5) is 14.6 Å². The number of nitrogens with zero attached hydrogens (tertiary/aromatic N) is 4. The predicted molar refractivity (Wildman–Crippen MR) is 157 cm³/mol. The summed E-state index contributed by atoms with van der Waals surface area (Å²) in [4.78, 5) is 39.9. The average molecular weight is 585 g/mol. The summed E-state index contributed by atoms with van der Waals surface area (Å²) in [6, 6.07) is 6.20. The van der Waals surface area contributed by atoms with Crippen molar-refractivity contribution in [2.75, 3.05) is 70.3 Å². The number of piperazine rings is 2. The largest absolute Gasteiger partial charge is 0.369 e. The van der Waals surface area contributed by atoms with Gasteiger partial charge in [0.15, 0.2) is 0 Å². The molecular formula is C31H42F2N6O3. The SMILES string of the molecule is C1CCNC1.O=C(c1cc(F)cc(N2CCNCC2)c1)N1CCN(C(=O)c2cnc(OF)c(C3CCCCC3)c2)CC1. The molecule has 42 heavy (non-hydrogen) atoms. The van der Waals surface area contributed by atoms with E-state index in [0.29, 0.717) is 48.6 Å². The summed E-state index contributed by atoms with van der Waals surface area (Å²) < 4.78 is 27.5. The lowest BCUT2D eigenvalue weighted by Crippen LogP contribution is -2.50. The molecule has 3 saturated heterocycles. The van der Waals surface area contributed by atoms with Crippen LogP contribution in [-0.2, 0) is 0 Å². The molecule has 3 aliphatic heterocycles. The summed E-state index contributed by atoms with van der Waals surface area (Å²) >= 11 is 0. The van der Waals surface area contributed by atoms with Gasteiger partial charge in [0.25, 0.3) is 17.7 Å². The number of hydrogen-bond donors (Lipinski definition) is 2. The quantitative estimate of drug-likeness (QED) is 0.551. The van der Waals surface area contributed by atoms with Crippen LogP contribution in [0.2, 0.25) is 0 Å². The van der Waals surface area contributed by atoms with Gasteiger partial charge in [-0.2, -0.15) is 0 Å². The number of amides is 2. The Balaban J connectivity index is 0.000000639. The van der Waals surface area contributed by atoms with Crippen molar-refractivity contribution in [1.82, 2.24) is 25.4 Å². The number of hydrogen-bond acceptors (Lipinski definition) is 7. The summed E-state index contributed by atoms with van der Waals surface area (Å²) in [5.74, 6) is -0.807. The van der Waals surface area contributed by atoms with Gasteiger partial charge in [0.1, 0.15) is 5.82 Å². The summed E-state index contributed by atoms with van der Waals surface area (Å²) in [6.45, 7) is 7.04. The van der Waals surface area contributed by atoms with E-state index in [9.17, 15) is 18.5 Å². The van der Waals surface area contributed by atoms with Crippen LogP contribution in [0.5, 0.6) is 5.88 Å². The first-order chi connectivity index (χ1) is 20.5. The van der Waals surface area contributed by atoms with E-state index in [1.807, 2.05) is 0 Å². The molecule has 0 bridgehead atoms. The van der Waals surface area contributed by atoms with Crippen molar-refractivity contribution in [3.05, 3.63) is 53.0 Å². The lowest BCUT2D eigenvalue weighted by Gasteiger charge is -2.35. The fraction of sp³-hybridized carbons (Fsp3) is 0.581. The number of benzene rings is 1. The fourth-order valence-electron chi connectivity index (χ4n) is 6.26. The minimum absolute atomic E-state index is 0.0610. The lowest BCUT2D eigenvalue weighted by atomic mass is 9.84. The van der Waals surface area contributed by atoms with E-state index < -0.39 is 5.82 Å². The third-order valence-electron chi connectivity index (χ3n) is 8.67. The average Bonchev–Trinajstić information content (AvgIpc) is 3.65. The van der Waals surface area contributed by atoms with Crippen LogP contribution in [0.1, 0.15) is 77.1 Å². The van der Waals surface area contributed by atoms with Crippen LogP contribution < -0.4 is 20.5 Å². The smallest absolute Gasteiger partial charge is 0.266 e. The van der Waals surface area contributed by atoms with Crippen molar-refractivity contribution in [2.45, 2.75) is 50.9 Å². The Morgan fingerprint density at radius 3 is 1.98 bits per heavy atom. The van der Waals surface area contributed by atoms with Gasteiger partial charge in [-0.25, -0.2) is 9.37 Å². The van der Waals surface area contributed by atoms with Crippen molar-refractivity contribution in [1.29, 1.82) is 0 Å². The minimum Gasteiger partial charge on any atom is -0.369 e. The van der Waals surface area contributed by atoms with Crippen LogP contribution in [-0.4, -0.2) is 92.0 Å². The number of nitrogens with one attached hydrogen (secondary N) is 2. The molecule has 11 heteroatoms. The van der Waals surface area contributed by atoms with Gasteiger partial charge >= 0.3 is 0 Å². The van der Waals surface area contributed by atoms with Crippen LogP contribution in [0, 0.1) is 5.82 Å². The van der Waals surface area contributed by atoms with Crippen LogP contribution in [0.25, 0.3) is 0 Å². The predicted octanol–water partition coefficient (Wildman–Crippen LogP) is 3.91. The third kappa shape index (κ3) is 7.55. The maximum atomic E-state index is 14.4. The Labute approximate surface area is 246 Å². The normalized spacial score (nSPS) is 19.7. The Hall–Kier alpha value is -3.31. The molecular weight excluding hydrogens is 542 g/mol. The van der Waals surface area contributed by atoms with E-state index in [1.54, 1.807) is 21.9 Å². The van der Waals surface area contributed by atoms with Crippen molar-refractivity contribution < 1.29 is 23.4 Å². The molecule has 0 atom stereocenters. The molecule has 1 aliphatic carbocycles. The highest BCUT2D eigenvalue weighted by Crippen LogP contribution is 2.37. The summed E-state index contributed by atoms with van der Waals surface area (Å²) in [7, 11) is 0. The van der Waals surface area contributed by atoms with E-state index in [4.69, 9.17) is 0 Å². The van der Waals surface area contributed by atoms with Crippen molar-refractivity contribution in [2.24, 2.45) is 0 Å². The number of aromatic nitrogens is 1. The van der Waals surface area contributed by atoms with E-state index >= 15 is 0 Å². The number of halogens is 2. The van der Waals surface area contributed by atoms with Crippen LogP contribution in [0.15, 0.2) is 30.5 Å². The van der Waals surface area contributed by atoms with Crippen molar-refractivity contribution in [3.8, 4) is 5.88 Å². The van der Waals surface area contributed by atoms with Gasteiger partial charge in [-0.3, -0.25) is 14.5 Å². The zero-order valence-corrected chi connectivity index (χ0v) is 24.3. The highest BCUT2D eigenvalue weighted by Gasteiger charge is 2.28. The maximum absolute atomic E-state index is 14.4. The molecule has 2 aromatic rings. The van der Waals surface area contributed by atoms with Gasteiger partial charge in [0.05, 0.1) is 5.56 Å². The first-order valence-corrected chi connectivity index (χ1v) is 15.4. The monoisotopic (exact) mass is 584 g/mol. The molecule has 2 amide bonds. The molecule has 4 heterocycles. The number of anilines is 1. The highest BCUT2D eigenvalue weighted by molar-refractivity contribution is 5.96. The Morgan fingerprint density at radius 1 is 0.762 bits per heavy atom. The van der Waals surface area contributed by atoms with Gasteiger partial charge < -0.3 is 25.3 Å². The second-order valence-electron chi connectivity index (χ2n) is 11.5. The zero-order valence-electron chi connectivity index (χ0n) is 24.3. The number of pyridine rings is 1. The molecule has 6 rings (SSSR count). The molecule has 1 saturated carbocycles. The second kappa shape index (κ2) is 14.7. The molecule has 0 spiro atoms. The highest BCUT2D eigenvalue weighted by atomic mass is 19.3. The topological polar surface area (TPSA) is 90.0 Å². The number of rotatable bonds is 5. The molecule has 4 fully saturated rings. The van der Waals surface area contributed by atoms with Gasteiger partial charge in [0, 0.05) is 79.9 Å². The van der Waals surface area contributed by atoms with Gasteiger partial charge in [-0.15, -0.1) is 0 Å². The summed E-state index contributed by atoms with van der Waals surface area (Å²) in [5.41, 5.74) is 2.07. The third-order valence-corrected chi connectivity index (χ3v) is 8.67. The van der Waals surface area contributed by atoms with Gasteiger partial charge in [-0.05, 0) is 69.0 Å². The zero-order chi connectivity index (χ0) is 29.3. The Bertz CT molecular complexity index is 1200. The molecule has 1 aromatic heterocycles. The minimum atomic E-state index is -0.435. The first-order valence-electron chi connectivity index (χ1n) is 15.4. The number of carbonyl (C=O) groups is 2. The second-order valence-corrected chi connectivity index (χ2v) is 11.5. The summed E-state index contributed by atoms with van der Waals surface area (Å²) in [5, 5.41) is 6.49. The first kappa shape index (κ1) is 30.2. The van der Waals surface area contributed by atoms with Gasteiger partial charge in [0.2, 0.25) is 0 Å². The standard InChI is InChI=1S/C27H33F2N5O3.C4H9N/c28-22-14-20(15-23(17-22)32-8-6-30-7-9-32)26(35)33-10-12-34(13-11-33)27(36)21-16-24(25(37-29)31-18-21)19-4-2-1-3-5-19;1-2-4-5-3-1/h14-19,30H,1-13H2;5H,1-4H2. The molecule has 228 valence electrons. The lowest BCUT2D eigenvalue weighted by molar-refractivity contribution is -0.0137.